The van der Waals surface area contributed by atoms with Crippen LogP contribution in [0.4, 0.5) is 13.2 Å². The summed E-state index contributed by atoms with van der Waals surface area (Å²) in [7, 11) is 0. The molecule has 0 aliphatic carbocycles. The molecular formula is C17H18ClF3N2O3. The zero-order chi connectivity index (χ0) is 19.9. The van der Waals surface area contributed by atoms with Gasteiger partial charge in [0.2, 0.25) is 0 Å². The molecule has 0 atom stereocenters. The molecular weight excluding hydrogens is 373 g/mol. The Morgan fingerprint density at radius 2 is 1.77 bits per heavy atom. The van der Waals surface area contributed by atoms with Crippen molar-refractivity contribution in [2.75, 3.05) is 6.61 Å². The highest BCUT2D eigenvalue weighted by Crippen LogP contribution is 2.32. The number of carbonyl (C=O) groups is 2. The fourth-order valence-corrected chi connectivity index (χ4v) is 2.08. The molecule has 1 aromatic carbocycles. The van der Waals surface area contributed by atoms with Crippen molar-refractivity contribution < 1.29 is 27.5 Å². The molecule has 0 radical (unpaired) electrons. The zero-order valence-electron chi connectivity index (χ0n) is 13.9. The molecule has 0 saturated carbocycles. The number of halogens is 4. The molecule has 0 aromatic heterocycles. The van der Waals surface area contributed by atoms with E-state index in [-0.39, 0.29) is 12.0 Å². The maximum atomic E-state index is 13.2. The maximum Gasteiger partial charge on any atom is 0.417 e. The van der Waals surface area contributed by atoms with Crippen LogP contribution in [0.3, 0.4) is 0 Å². The van der Waals surface area contributed by atoms with Gasteiger partial charge in [-0.1, -0.05) is 31.0 Å². The molecule has 0 bridgehead atoms. The van der Waals surface area contributed by atoms with Crippen molar-refractivity contribution in [2.45, 2.75) is 25.9 Å². The van der Waals surface area contributed by atoms with Crippen LogP contribution < -0.4 is 11.5 Å². The van der Waals surface area contributed by atoms with Crippen molar-refractivity contribution in [1.29, 1.82) is 0 Å². The van der Waals surface area contributed by atoms with E-state index in [0.717, 1.165) is 6.08 Å². The molecule has 26 heavy (non-hydrogen) atoms. The summed E-state index contributed by atoms with van der Waals surface area (Å²) in [5.41, 5.74) is 8.41. The second kappa shape index (κ2) is 9.28. The number of alkyl halides is 3. The van der Waals surface area contributed by atoms with Gasteiger partial charge in [-0.2, -0.15) is 13.2 Å². The Balaban J connectivity index is 2.97. The Hall–Kier alpha value is -2.48. The van der Waals surface area contributed by atoms with Gasteiger partial charge in [-0.25, -0.2) is 4.79 Å². The first kappa shape index (κ1) is 21.6. The molecule has 142 valence electrons. The lowest BCUT2D eigenvalue weighted by atomic mass is 10.0. The molecule has 0 spiro atoms. The maximum absolute atomic E-state index is 13.2. The van der Waals surface area contributed by atoms with E-state index in [2.05, 4.69) is 4.74 Å². The van der Waals surface area contributed by atoms with Crippen LogP contribution in [0.25, 0.3) is 0 Å². The standard InChI is InChI=1S/C17H18ClF3N2O3/c1-2-3-4-12(17(19,20)21)14(15(22)23)16(25)26-9-13(24)10-5-7-11(18)8-6-10/h4-8H,2-3,9,22-23H2,1H3/b12-4+. The first-order valence-electron chi connectivity index (χ1n) is 7.56. The van der Waals surface area contributed by atoms with Gasteiger partial charge in [0.1, 0.15) is 11.4 Å². The van der Waals surface area contributed by atoms with E-state index in [9.17, 15) is 22.8 Å². The Morgan fingerprint density at radius 3 is 2.23 bits per heavy atom. The number of hydrogen-bond donors (Lipinski definition) is 2. The van der Waals surface area contributed by atoms with Crippen molar-refractivity contribution >= 4 is 23.4 Å². The summed E-state index contributed by atoms with van der Waals surface area (Å²) in [6.45, 7) is 0.902. The summed E-state index contributed by atoms with van der Waals surface area (Å²) in [4.78, 5) is 24.0. The minimum Gasteiger partial charge on any atom is -0.454 e. The molecule has 1 aromatic rings. The SMILES string of the molecule is CCC/C=C(\C(C(=O)OCC(=O)c1ccc(Cl)cc1)=C(N)N)C(F)(F)F. The quantitative estimate of drug-likeness (QED) is 0.321. The number of rotatable bonds is 7. The summed E-state index contributed by atoms with van der Waals surface area (Å²) in [6, 6.07) is 5.70. The molecule has 0 aliphatic heterocycles. The van der Waals surface area contributed by atoms with E-state index in [1.165, 1.54) is 24.3 Å². The van der Waals surface area contributed by atoms with Crippen molar-refractivity contribution in [1.82, 2.24) is 0 Å². The van der Waals surface area contributed by atoms with Crippen LogP contribution in [0, 0.1) is 0 Å². The molecule has 0 amide bonds. The number of nitrogens with two attached hydrogens (primary N) is 2. The molecule has 0 aliphatic rings. The number of Topliss-reactive ketones (excluding diaryl/α,β-unsaturated/α-hetero) is 1. The molecule has 4 N–H and O–H groups in total. The number of ether oxygens (including phenoxy) is 1. The summed E-state index contributed by atoms with van der Waals surface area (Å²) >= 11 is 5.70. The normalized spacial score (nSPS) is 11.8. The number of hydrogen-bond acceptors (Lipinski definition) is 5. The number of allylic oxidation sites excluding steroid dienone is 1. The monoisotopic (exact) mass is 390 g/mol. The Labute approximate surface area is 153 Å². The number of benzene rings is 1. The van der Waals surface area contributed by atoms with E-state index in [4.69, 9.17) is 23.1 Å². The number of carbonyl (C=O) groups excluding carboxylic acids is 2. The van der Waals surface area contributed by atoms with Crippen molar-refractivity contribution in [3.8, 4) is 0 Å². The summed E-state index contributed by atoms with van der Waals surface area (Å²) in [6.07, 6.45) is -3.56. The van der Waals surface area contributed by atoms with Crippen molar-refractivity contribution in [2.24, 2.45) is 11.5 Å². The van der Waals surface area contributed by atoms with E-state index in [0.29, 0.717) is 11.4 Å². The van der Waals surface area contributed by atoms with Gasteiger partial charge >= 0.3 is 12.1 Å². The van der Waals surface area contributed by atoms with Crippen LogP contribution in [-0.2, 0) is 9.53 Å². The zero-order valence-corrected chi connectivity index (χ0v) is 14.7. The fraction of sp³-hybridized carbons (Fsp3) is 0.294. The smallest absolute Gasteiger partial charge is 0.417 e. The molecule has 5 nitrogen and oxygen atoms in total. The number of ketones is 1. The Morgan fingerprint density at radius 1 is 1.19 bits per heavy atom. The van der Waals surface area contributed by atoms with Gasteiger partial charge < -0.3 is 16.2 Å². The molecule has 1 rings (SSSR count). The van der Waals surface area contributed by atoms with Gasteiger partial charge in [-0.3, -0.25) is 4.79 Å². The van der Waals surface area contributed by atoms with Gasteiger partial charge in [0.15, 0.2) is 12.4 Å². The number of unbranched alkanes of at least 4 members (excludes halogenated alkanes) is 1. The lowest BCUT2D eigenvalue weighted by Gasteiger charge is -2.16. The first-order chi connectivity index (χ1) is 12.1. The molecule has 0 saturated heterocycles. The van der Waals surface area contributed by atoms with Gasteiger partial charge in [-0.15, -0.1) is 0 Å². The molecule has 0 unspecified atom stereocenters. The summed E-state index contributed by atoms with van der Waals surface area (Å²) in [5.74, 6) is -2.88. The highest BCUT2D eigenvalue weighted by atomic mass is 35.5. The highest BCUT2D eigenvalue weighted by molar-refractivity contribution is 6.30. The van der Waals surface area contributed by atoms with Gasteiger partial charge in [-0.05, 0) is 30.7 Å². The third-order valence-electron chi connectivity index (χ3n) is 3.21. The van der Waals surface area contributed by atoms with Crippen molar-refractivity contribution in [3.05, 3.63) is 57.9 Å². The average Bonchev–Trinajstić information content (AvgIpc) is 2.55. The second-order valence-corrected chi connectivity index (χ2v) is 5.68. The lowest BCUT2D eigenvalue weighted by Crippen LogP contribution is -2.27. The van der Waals surface area contributed by atoms with Gasteiger partial charge in [0.05, 0.1) is 5.57 Å². The van der Waals surface area contributed by atoms with Crippen molar-refractivity contribution in [3.63, 3.8) is 0 Å². The average molecular weight is 391 g/mol. The van der Waals surface area contributed by atoms with Crippen LogP contribution in [0.1, 0.15) is 30.1 Å². The topological polar surface area (TPSA) is 95.4 Å². The Kier molecular flexibility index (Phi) is 7.70. The van der Waals surface area contributed by atoms with Crippen LogP contribution in [-0.4, -0.2) is 24.5 Å². The largest absolute Gasteiger partial charge is 0.454 e. The third kappa shape index (κ3) is 6.11. The van der Waals surface area contributed by atoms with Crippen LogP contribution in [0.2, 0.25) is 5.02 Å². The highest BCUT2D eigenvalue weighted by Gasteiger charge is 2.40. The molecule has 0 fully saturated rings. The van der Waals surface area contributed by atoms with E-state index < -0.39 is 41.5 Å². The first-order valence-corrected chi connectivity index (χ1v) is 7.94. The molecule has 9 heteroatoms. The lowest BCUT2D eigenvalue weighted by molar-refractivity contribution is -0.139. The summed E-state index contributed by atoms with van der Waals surface area (Å²) in [5, 5.41) is 0.399. The second-order valence-electron chi connectivity index (χ2n) is 5.24. The van der Waals surface area contributed by atoms with Crippen LogP contribution in [0.5, 0.6) is 0 Å². The fourth-order valence-electron chi connectivity index (χ4n) is 1.95. The number of esters is 1. The van der Waals surface area contributed by atoms with E-state index in [1.54, 1.807) is 6.92 Å². The molecule has 0 heterocycles. The third-order valence-corrected chi connectivity index (χ3v) is 3.46. The van der Waals surface area contributed by atoms with E-state index in [1.807, 2.05) is 0 Å². The summed E-state index contributed by atoms with van der Waals surface area (Å²) < 4.78 is 44.3. The Bertz CT molecular complexity index is 722. The van der Waals surface area contributed by atoms with Crippen LogP contribution in [0.15, 0.2) is 47.3 Å². The minimum atomic E-state index is -4.85. The minimum absolute atomic E-state index is 0.0581. The van der Waals surface area contributed by atoms with Gasteiger partial charge in [0, 0.05) is 10.6 Å². The predicted molar refractivity (Wildman–Crippen MR) is 91.2 cm³/mol. The van der Waals surface area contributed by atoms with Gasteiger partial charge in [0.25, 0.3) is 0 Å². The predicted octanol–water partition coefficient (Wildman–Crippen LogP) is 3.48. The van der Waals surface area contributed by atoms with E-state index >= 15 is 0 Å². The van der Waals surface area contributed by atoms with Crippen LogP contribution >= 0.6 is 11.6 Å².